The van der Waals surface area contributed by atoms with E-state index in [1.54, 1.807) is 18.2 Å². The Bertz CT molecular complexity index is 576. The molecule has 0 aliphatic carbocycles. The predicted molar refractivity (Wildman–Crippen MR) is 91.5 cm³/mol. The van der Waals surface area contributed by atoms with Crippen molar-refractivity contribution in [2.45, 2.75) is 6.42 Å². The number of morpholine rings is 1. The van der Waals surface area contributed by atoms with E-state index < -0.39 is 5.91 Å². The largest absolute Gasteiger partial charge is 0.495 e. The van der Waals surface area contributed by atoms with Crippen LogP contribution in [0.1, 0.15) is 6.42 Å². The number of rotatable bonds is 7. The number of carbonyl (C=O) groups excluding carboxylic acids is 2. The van der Waals surface area contributed by atoms with E-state index in [-0.39, 0.29) is 12.3 Å². The van der Waals surface area contributed by atoms with Crippen molar-refractivity contribution in [3.8, 4) is 5.75 Å². The third-order valence-electron chi connectivity index (χ3n) is 3.61. The number of hydrogen-bond acceptors (Lipinski definition) is 5. The highest BCUT2D eigenvalue weighted by molar-refractivity contribution is 6.31. The van der Waals surface area contributed by atoms with Crippen LogP contribution in [0, 0.1) is 0 Å². The summed E-state index contributed by atoms with van der Waals surface area (Å²) in [6.45, 7) is 4.43. The topological polar surface area (TPSA) is 79.9 Å². The van der Waals surface area contributed by atoms with Crippen molar-refractivity contribution in [2.24, 2.45) is 0 Å². The van der Waals surface area contributed by atoms with E-state index >= 15 is 0 Å². The van der Waals surface area contributed by atoms with Crippen LogP contribution in [0.5, 0.6) is 5.75 Å². The van der Waals surface area contributed by atoms with Crippen LogP contribution in [0.15, 0.2) is 18.2 Å². The third kappa shape index (κ3) is 5.99. The first-order chi connectivity index (χ1) is 11.6. The number of nitrogens with zero attached hydrogens (tertiary/aromatic N) is 1. The Morgan fingerprint density at radius 1 is 1.29 bits per heavy atom. The van der Waals surface area contributed by atoms with E-state index in [0.717, 1.165) is 32.8 Å². The normalized spacial score (nSPS) is 14.9. The van der Waals surface area contributed by atoms with Gasteiger partial charge in [0.05, 0.1) is 26.0 Å². The lowest BCUT2D eigenvalue weighted by Gasteiger charge is -2.26. The van der Waals surface area contributed by atoms with Gasteiger partial charge in [-0.15, -0.1) is 0 Å². The molecule has 0 bridgehead atoms. The number of amides is 2. The zero-order chi connectivity index (χ0) is 17.4. The summed E-state index contributed by atoms with van der Waals surface area (Å²) in [5.74, 6) is -0.248. The van der Waals surface area contributed by atoms with E-state index in [1.165, 1.54) is 7.11 Å². The molecular formula is C16H22ClN3O4. The first kappa shape index (κ1) is 18.5. The molecule has 0 unspecified atom stereocenters. The molecule has 1 saturated heterocycles. The minimum atomic E-state index is -0.417. The Balaban J connectivity index is 1.73. The lowest BCUT2D eigenvalue weighted by atomic mass is 10.2. The summed E-state index contributed by atoms with van der Waals surface area (Å²) in [4.78, 5) is 26.0. The van der Waals surface area contributed by atoms with Gasteiger partial charge in [0.25, 0.3) is 0 Å². The lowest BCUT2D eigenvalue weighted by molar-refractivity contribution is -0.126. The molecule has 1 aliphatic rings. The maximum atomic E-state index is 12.0. The smallest absolute Gasteiger partial charge is 0.233 e. The zero-order valence-corrected chi connectivity index (χ0v) is 14.4. The lowest BCUT2D eigenvalue weighted by Crippen LogP contribution is -2.41. The van der Waals surface area contributed by atoms with Crippen LogP contribution in [-0.2, 0) is 14.3 Å². The molecule has 1 aromatic carbocycles. The summed E-state index contributed by atoms with van der Waals surface area (Å²) in [5.41, 5.74) is 0.441. The monoisotopic (exact) mass is 355 g/mol. The van der Waals surface area contributed by atoms with Gasteiger partial charge in [0, 0.05) is 31.2 Å². The van der Waals surface area contributed by atoms with E-state index in [4.69, 9.17) is 21.1 Å². The fourth-order valence-electron chi connectivity index (χ4n) is 2.36. The average molecular weight is 356 g/mol. The summed E-state index contributed by atoms with van der Waals surface area (Å²) < 4.78 is 10.4. The predicted octanol–water partition coefficient (Wildman–Crippen LogP) is 1.13. The summed E-state index contributed by atoms with van der Waals surface area (Å²) in [7, 11) is 1.50. The number of halogens is 1. The number of carbonyl (C=O) groups is 2. The minimum Gasteiger partial charge on any atom is -0.495 e. The van der Waals surface area contributed by atoms with Crippen LogP contribution < -0.4 is 15.4 Å². The first-order valence-corrected chi connectivity index (χ1v) is 8.16. The molecule has 132 valence electrons. The van der Waals surface area contributed by atoms with Crippen molar-refractivity contribution < 1.29 is 19.1 Å². The summed E-state index contributed by atoms with van der Waals surface area (Å²) in [5, 5.41) is 5.86. The molecule has 1 aliphatic heterocycles. The molecule has 8 heteroatoms. The molecule has 7 nitrogen and oxygen atoms in total. The minimum absolute atomic E-state index is 0.251. The van der Waals surface area contributed by atoms with Gasteiger partial charge in [0.1, 0.15) is 12.2 Å². The Morgan fingerprint density at radius 3 is 2.75 bits per heavy atom. The Kier molecular flexibility index (Phi) is 7.30. The molecule has 0 atom stereocenters. The van der Waals surface area contributed by atoms with Gasteiger partial charge in [-0.25, -0.2) is 0 Å². The second kappa shape index (κ2) is 9.46. The maximum absolute atomic E-state index is 12.0. The van der Waals surface area contributed by atoms with Gasteiger partial charge < -0.3 is 20.1 Å². The van der Waals surface area contributed by atoms with E-state index in [9.17, 15) is 9.59 Å². The Labute approximate surface area is 146 Å². The van der Waals surface area contributed by atoms with Crippen LogP contribution in [0.2, 0.25) is 5.02 Å². The standard InChI is InChI=1S/C16H22ClN3O4/c1-23-14-3-2-12(17)10-13(14)19-16(22)11-15(21)18-4-5-20-6-8-24-9-7-20/h2-3,10H,4-9,11H2,1H3,(H,18,21)(H,19,22). The van der Waals surface area contributed by atoms with Gasteiger partial charge >= 0.3 is 0 Å². The Hall–Kier alpha value is -1.83. The van der Waals surface area contributed by atoms with E-state index in [2.05, 4.69) is 15.5 Å². The van der Waals surface area contributed by atoms with Crippen LogP contribution in [0.3, 0.4) is 0 Å². The average Bonchev–Trinajstić information content (AvgIpc) is 2.56. The van der Waals surface area contributed by atoms with Gasteiger partial charge in [-0.1, -0.05) is 11.6 Å². The summed E-state index contributed by atoms with van der Waals surface area (Å²) in [6, 6.07) is 4.89. The molecule has 2 amide bonds. The van der Waals surface area contributed by atoms with Crippen molar-refractivity contribution >= 4 is 29.1 Å². The second-order valence-electron chi connectivity index (χ2n) is 5.37. The second-order valence-corrected chi connectivity index (χ2v) is 5.81. The maximum Gasteiger partial charge on any atom is 0.233 e. The van der Waals surface area contributed by atoms with E-state index in [1.807, 2.05) is 0 Å². The summed E-state index contributed by atoms with van der Waals surface area (Å²) >= 11 is 5.91. The van der Waals surface area contributed by atoms with Crippen LogP contribution >= 0.6 is 11.6 Å². The molecular weight excluding hydrogens is 334 g/mol. The molecule has 24 heavy (non-hydrogen) atoms. The molecule has 2 N–H and O–H groups in total. The highest BCUT2D eigenvalue weighted by atomic mass is 35.5. The number of anilines is 1. The Morgan fingerprint density at radius 2 is 2.04 bits per heavy atom. The van der Waals surface area contributed by atoms with Crippen molar-refractivity contribution in [2.75, 3.05) is 51.8 Å². The number of nitrogens with one attached hydrogen (secondary N) is 2. The van der Waals surface area contributed by atoms with Gasteiger partial charge in [0.15, 0.2) is 0 Å². The van der Waals surface area contributed by atoms with Crippen LogP contribution in [0.25, 0.3) is 0 Å². The molecule has 0 aromatic heterocycles. The fourth-order valence-corrected chi connectivity index (χ4v) is 2.53. The molecule has 1 aromatic rings. The zero-order valence-electron chi connectivity index (χ0n) is 13.6. The number of hydrogen-bond donors (Lipinski definition) is 2. The van der Waals surface area contributed by atoms with Crippen LogP contribution in [-0.4, -0.2) is 63.2 Å². The SMILES string of the molecule is COc1ccc(Cl)cc1NC(=O)CC(=O)NCCN1CCOCC1. The van der Waals surface area contributed by atoms with Crippen LogP contribution in [0.4, 0.5) is 5.69 Å². The van der Waals surface area contributed by atoms with Gasteiger partial charge in [0.2, 0.25) is 11.8 Å². The van der Waals surface area contributed by atoms with Gasteiger partial charge in [-0.3, -0.25) is 14.5 Å². The molecule has 2 rings (SSSR count). The molecule has 1 heterocycles. The highest BCUT2D eigenvalue weighted by Gasteiger charge is 2.14. The van der Waals surface area contributed by atoms with Crippen molar-refractivity contribution in [3.05, 3.63) is 23.2 Å². The van der Waals surface area contributed by atoms with Crippen molar-refractivity contribution in [1.82, 2.24) is 10.2 Å². The molecule has 0 saturated carbocycles. The molecule has 1 fully saturated rings. The summed E-state index contributed by atoms with van der Waals surface area (Å²) in [6.07, 6.45) is -0.251. The molecule has 0 radical (unpaired) electrons. The number of ether oxygens (including phenoxy) is 2. The first-order valence-electron chi connectivity index (χ1n) is 7.78. The molecule has 0 spiro atoms. The third-order valence-corrected chi connectivity index (χ3v) is 3.85. The van der Waals surface area contributed by atoms with Gasteiger partial charge in [-0.2, -0.15) is 0 Å². The number of methoxy groups -OCH3 is 1. The van der Waals surface area contributed by atoms with Crippen molar-refractivity contribution in [3.63, 3.8) is 0 Å². The van der Waals surface area contributed by atoms with Gasteiger partial charge in [-0.05, 0) is 18.2 Å². The highest BCUT2D eigenvalue weighted by Crippen LogP contribution is 2.27. The fraction of sp³-hybridized carbons (Fsp3) is 0.500. The van der Waals surface area contributed by atoms with E-state index in [0.29, 0.717) is 23.0 Å². The number of benzene rings is 1. The van der Waals surface area contributed by atoms with Crippen molar-refractivity contribution in [1.29, 1.82) is 0 Å². The quantitative estimate of drug-likeness (QED) is 0.717.